The summed E-state index contributed by atoms with van der Waals surface area (Å²) in [6.07, 6.45) is 2.13. The van der Waals surface area contributed by atoms with Gasteiger partial charge in [0.05, 0.1) is 0 Å². The summed E-state index contributed by atoms with van der Waals surface area (Å²) in [7, 11) is 1.90. The minimum atomic E-state index is -0.0380. The summed E-state index contributed by atoms with van der Waals surface area (Å²) >= 11 is 0. The molecule has 0 aliphatic rings. The standard InChI is InChI=1S/C9H17N3O/c1-4-7(5-2)9-11-10-8(6-13)12(9)3/h7,13H,4-6H2,1-3H3. The lowest BCUT2D eigenvalue weighted by atomic mass is 10.0. The van der Waals surface area contributed by atoms with E-state index in [0.29, 0.717) is 11.7 Å². The van der Waals surface area contributed by atoms with Crippen LogP contribution in [0.15, 0.2) is 0 Å². The Labute approximate surface area is 78.6 Å². The zero-order valence-electron chi connectivity index (χ0n) is 8.49. The number of nitrogens with zero attached hydrogens (tertiary/aromatic N) is 3. The van der Waals surface area contributed by atoms with Gasteiger partial charge in [-0.05, 0) is 12.8 Å². The van der Waals surface area contributed by atoms with Crippen molar-refractivity contribution in [1.82, 2.24) is 14.8 Å². The Morgan fingerprint density at radius 3 is 2.31 bits per heavy atom. The third-order valence-corrected chi connectivity index (χ3v) is 2.49. The number of rotatable bonds is 4. The van der Waals surface area contributed by atoms with E-state index in [1.165, 1.54) is 0 Å². The van der Waals surface area contributed by atoms with Gasteiger partial charge in [0.25, 0.3) is 0 Å². The van der Waals surface area contributed by atoms with Crippen LogP contribution in [0.2, 0.25) is 0 Å². The monoisotopic (exact) mass is 183 g/mol. The lowest BCUT2D eigenvalue weighted by molar-refractivity contribution is 0.266. The van der Waals surface area contributed by atoms with E-state index >= 15 is 0 Å². The van der Waals surface area contributed by atoms with E-state index in [9.17, 15) is 0 Å². The number of aliphatic hydroxyl groups is 1. The van der Waals surface area contributed by atoms with E-state index in [0.717, 1.165) is 18.7 Å². The Balaban J connectivity index is 2.93. The summed E-state index contributed by atoms with van der Waals surface area (Å²) in [6.45, 7) is 4.24. The fourth-order valence-electron chi connectivity index (χ4n) is 1.52. The van der Waals surface area contributed by atoms with Crippen molar-refractivity contribution in [3.05, 3.63) is 11.6 Å². The van der Waals surface area contributed by atoms with Gasteiger partial charge in [-0.2, -0.15) is 0 Å². The molecular formula is C9H17N3O. The average molecular weight is 183 g/mol. The van der Waals surface area contributed by atoms with Crippen molar-refractivity contribution in [2.75, 3.05) is 0 Å². The summed E-state index contributed by atoms with van der Waals surface area (Å²) in [5.74, 6) is 2.08. The molecule has 0 spiro atoms. The van der Waals surface area contributed by atoms with Crippen LogP contribution in [0.25, 0.3) is 0 Å². The topological polar surface area (TPSA) is 50.9 Å². The molecule has 0 aliphatic carbocycles. The van der Waals surface area contributed by atoms with Gasteiger partial charge in [0.2, 0.25) is 0 Å². The first kappa shape index (κ1) is 10.2. The molecule has 0 unspecified atom stereocenters. The molecule has 1 aromatic rings. The summed E-state index contributed by atoms with van der Waals surface area (Å²) in [4.78, 5) is 0. The quantitative estimate of drug-likeness (QED) is 0.763. The molecule has 0 aromatic carbocycles. The zero-order chi connectivity index (χ0) is 9.84. The van der Waals surface area contributed by atoms with Crippen LogP contribution in [0.1, 0.15) is 44.3 Å². The molecule has 1 N–H and O–H groups in total. The smallest absolute Gasteiger partial charge is 0.158 e. The summed E-state index contributed by atoms with van der Waals surface area (Å²) in [5.41, 5.74) is 0. The molecule has 1 aromatic heterocycles. The molecule has 0 fully saturated rings. The van der Waals surface area contributed by atoms with E-state index in [2.05, 4.69) is 24.0 Å². The van der Waals surface area contributed by atoms with Crippen molar-refractivity contribution in [3.8, 4) is 0 Å². The lowest BCUT2D eigenvalue weighted by Gasteiger charge is -2.11. The van der Waals surface area contributed by atoms with Crippen LogP contribution in [-0.4, -0.2) is 19.9 Å². The second-order valence-corrected chi connectivity index (χ2v) is 3.20. The highest BCUT2D eigenvalue weighted by molar-refractivity contribution is 5.00. The normalized spacial score (nSPS) is 11.2. The van der Waals surface area contributed by atoms with Crippen molar-refractivity contribution in [3.63, 3.8) is 0 Å². The molecule has 1 rings (SSSR count). The maximum atomic E-state index is 8.94. The summed E-state index contributed by atoms with van der Waals surface area (Å²) in [6, 6.07) is 0. The number of hydrogen-bond donors (Lipinski definition) is 1. The molecule has 13 heavy (non-hydrogen) atoms. The van der Waals surface area contributed by atoms with Crippen LogP contribution in [0.4, 0.5) is 0 Å². The largest absolute Gasteiger partial charge is 0.388 e. The van der Waals surface area contributed by atoms with Gasteiger partial charge in [0, 0.05) is 13.0 Å². The molecule has 0 saturated heterocycles. The van der Waals surface area contributed by atoms with Gasteiger partial charge in [0.15, 0.2) is 5.82 Å². The van der Waals surface area contributed by atoms with Crippen LogP contribution in [0, 0.1) is 0 Å². The molecule has 0 atom stereocenters. The molecular weight excluding hydrogens is 166 g/mol. The maximum Gasteiger partial charge on any atom is 0.158 e. The Hall–Kier alpha value is -0.900. The SMILES string of the molecule is CCC(CC)c1nnc(CO)n1C. The molecule has 1 heterocycles. The first-order valence-electron chi connectivity index (χ1n) is 4.73. The van der Waals surface area contributed by atoms with Crippen molar-refractivity contribution < 1.29 is 5.11 Å². The van der Waals surface area contributed by atoms with Gasteiger partial charge in [0.1, 0.15) is 12.4 Å². The Morgan fingerprint density at radius 1 is 1.31 bits per heavy atom. The Bertz CT molecular complexity index is 266. The van der Waals surface area contributed by atoms with Crippen LogP contribution in [-0.2, 0) is 13.7 Å². The number of aromatic nitrogens is 3. The predicted octanol–water partition coefficient (Wildman–Crippen LogP) is 1.21. The lowest BCUT2D eigenvalue weighted by Crippen LogP contribution is -2.06. The van der Waals surface area contributed by atoms with Crippen molar-refractivity contribution in [2.45, 2.75) is 39.2 Å². The predicted molar refractivity (Wildman–Crippen MR) is 50.2 cm³/mol. The van der Waals surface area contributed by atoms with Gasteiger partial charge in [-0.15, -0.1) is 10.2 Å². The highest BCUT2D eigenvalue weighted by Gasteiger charge is 2.15. The van der Waals surface area contributed by atoms with E-state index in [4.69, 9.17) is 5.11 Å². The van der Waals surface area contributed by atoms with Crippen molar-refractivity contribution in [1.29, 1.82) is 0 Å². The van der Waals surface area contributed by atoms with E-state index < -0.39 is 0 Å². The Morgan fingerprint density at radius 2 is 1.92 bits per heavy atom. The molecule has 4 heteroatoms. The Kier molecular flexibility index (Phi) is 3.42. The maximum absolute atomic E-state index is 8.94. The van der Waals surface area contributed by atoms with Gasteiger partial charge < -0.3 is 9.67 Å². The third-order valence-electron chi connectivity index (χ3n) is 2.49. The van der Waals surface area contributed by atoms with E-state index in [1.54, 1.807) is 0 Å². The third kappa shape index (κ3) is 1.88. The number of hydrogen-bond acceptors (Lipinski definition) is 3. The average Bonchev–Trinajstić information content (AvgIpc) is 2.50. The van der Waals surface area contributed by atoms with Gasteiger partial charge in [-0.1, -0.05) is 13.8 Å². The first-order chi connectivity index (χ1) is 6.24. The molecule has 0 radical (unpaired) electrons. The molecule has 0 aliphatic heterocycles. The molecule has 74 valence electrons. The molecule has 0 amide bonds. The van der Waals surface area contributed by atoms with E-state index in [-0.39, 0.29) is 6.61 Å². The number of aliphatic hydroxyl groups excluding tert-OH is 1. The highest BCUT2D eigenvalue weighted by atomic mass is 16.3. The molecule has 0 bridgehead atoms. The van der Waals surface area contributed by atoms with Crippen LogP contribution < -0.4 is 0 Å². The van der Waals surface area contributed by atoms with E-state index in [1.807, 2.05) is 11.6 Å². The van der Waals surface area contributed by atoms with Crippen LogP contribution >= 0.6 is 0 Å². The highest BCUT2D eigenvalue weighted by Crippen LogP contribution is 2.20. The van der Waals surface area contributed by atoms with Crippen molar-refractivity contribution in [2.24, 2.45) is 7.05 Å². The minimum absolute atomic E-state index is 0.0380. The summed E-state index contributed by atoms with van der Waals surface area (Å²) in [5, 5.41) is 16.9. The molecule has 4 nitrogen and oxygen atoms in total. The van der Waals surface area contributed by atoms with Gasteiger partial charge in [-0.3, -0.25) is 0 Å². The zero-order valence-corrected chi connectivity index (χ0v) is 8.49. The second kappa shape index (κ2) is 4.37. The second-order valence-electron chi connectivity index (χ2n) is 3.20. The summed E-state index contributed by atoms with van der Waals surface area (Å²) < 4.78 is 1.89. The van der Waals surface area contributed by atoms with Crippen molar-refractivity contribution >= 4 is 0 Å². The van der Waals surface area contributed by atoms with Crippen LogP contribution in [0.5, 0.6) is 0 Å². The fourth-order valence-corrected chi connectivity index (χ4v) is 1.52. The fraction of sp³-hybridized carbons (Fsp3) is 0.778. The minimum Gasteiger partial charge on any atom is -0.388 e. The first-order valence-corrected chi connectivity index (χ1v) is 4.73. The molecule has 0 saturated carbocycles. The van der Waals surface area contributed by atoms with Gasteiger partial charge in [-0.25, -0.2) is 0 Å². The van der Waals surface area contributed by atoms with Gasteiger partial charge >= 0.3 is 0 Å². The van der Waals surface area contributed by atoms with Crippen LogP contribution in [0.3, 0.4) is 0 Å².